The molecule has 0 radical (unpaired) electrons. The van der Waals surface area contributed by atoms with Gasteiger partial charge >= 0.3 is 11.9 Å². The Morgan fingerprint density at radius 2 is 2.22 bits per heavy atom. The van der Waals surface area contributed by atoms with Crippen molar-refractivity contribution >= 4 is 17.6 Å². The van der Waals surface area contributed by atoms with Crippen LogP contribution in [0.1, 0.15) is 10.4 Å². The fourth-order valence-electron chi connectivity index (χ4n) is 1.85. The van der Waals surface area contributed by atoms with Gasteiger partial charge < -0.3 is 19.5 Å². The summed E-state index contributed by atoms with van der Waals surface area (Å²) < 4.78 is 9.98. The second-order valence-corrected chi connectivity index (χ2v) is 3.95. The van der Waals surface area contributed by atoms with Gasteiger partial charge in [0.2, 0.25) is 0 Å². The number of fused-ring (bicyclic) bond motifs is 1. The van der Waals surface area contributed by atoms with E-state index in [0.29, 0.717) is 17.0 Å². The first kappa shape index (κ1) is 12.2. The number of ether oxygens (including phenoxy) is 2. The van der Waals surface area contributed by atoms with Crippen molar-refractivity contribution in [2.24, 2.45) is 0 Å². The van der Waals surface area contributed by atoms with Crippen molar-refractivity contribution in [3.05, 3.63) is 23.8 Å². The quantitative estimate of drug-likeness (QED) is 0.782. The Kier molecular flexibility index (Phi) is 3.10. The Morgan fingerprint density at radius 3 is 2.83 bits per heavy atom. The van der Waals surface area contributed by atoms with E-state index in [9.17, 15) is 9.59 Å². The van der Waals surface area contributed by atoms with Gasteiger partial charge in [-0.25, -0.2) is 9.59 Å². The lowest BCUT2D eigenvalue weighted by Crippen LogP contribution is -2.46. The monoisotopic (exact) mass is 251 g/mol. The minimum atomic E-state index is -0.966. The summed E-state index contributed by atoms with van der Waals surface area (Å²) in [7, 11) is 2.95. The van der Waals surface area contributed by atoms with Gasteiger partial charge in [-0.05, 0) is 18.2 Å². The van der Waals surface area contributed by atoms with Crippen molar-refractivity contribution in [3.8, 4) is 5.75 Å². The first-order valence-corrected chi connectivity index (χ1v) is 5.35. The normalized spacial score (nSPS) is 17.7. The minimum absolute atomic E-state index is 0.0798. The molecular formula is C12H13NO5. The van der Waals surface area contributed by atoms with E-state index >= 15 is 0 Å². The highest BCUT2D eigenvalue weighted by atomic mass is 16.5. The van der Waals surface area contributed by atoms with E-state index < -0.39 is 18.0 Å². The predicted octanol–water partition coefficient (Wildman–Crippen LogP) is 0.755. The lowest BCUT2D eigenvalue weighted by molar-refractivity contribution is -0.139. The summed E-state index contributed by atoms with van der Waals surface area (Å²) in [4.78, 5) is 24.0. The van der Waals surface area contributed by atoms with E-state index in [1.54, 1.807) is 30.1 Å². The van der Waals surface area contributed by atoms with E-state index in [2.05, 4.69) is 4.74 Å². The third kappa shape index (κ3) is 1.97. The number of nitrogens with zero attached hydrogens (tertiary/aromatic N) is 1. The van der Waals surface area contributed by atoms with Gasteiger partial charge in [-0.1, -0.05) is 0 Å². The molecule has 0 fully saturated rings. The van der Waals surface area contributed by atoms with E-state index in [4.69, 9.17) is 9.84 Å². The van der Waals surface area contributed by atoms with Crippen LogP contribution < -0.4 is 9.64 Å². The average molecular weight is 251 g/mol. The maximum absolute atomic E-state index is 11.4. The Hall–Kier alpha value is -2.24. The molecule has 1 aliphatic heterocycles. The zero-order chi connectivity index (χ0) is 13.3. The number of methoxy groups -OCH3 is 1. The summed E-state index contributed by atoms with van der Waals surface area (Å²) in [5, 5.41) is 9.05. The molecule has 0 amide bonds. The van der Waals surface area contributed by atoms with Crippen LogP contribution in [-0.2, 0) is 9.53 Å². The molecular weight excluding hydrogens is 238 g/mol. The number of hydrogen-bond acceptors (Lipinski definition) is 5. The number of carboxylic acids is 1. The zero-order valence-corrected chi connectivity index (χ0v) is 10.0. The molecule has 1 atom stereocenters. The summed E-state index contributed by atoms with van der Waals surface area (Å²) in [6.45, 7) is 0.0798. The number of likely N-dealkylation sites (N-methyl/N-ethyl adjacent to an activating group) is 1. The predicted molar refractivity (Wildman–Crippen MR) is 63.1 cm³/mol. The molecule has 1 aliphatic rings. The van der Waals surface area contributed by atoms with Gasteiger partial charge in [-0.2, -0.15) is 0 Å². The molecule has 1 aromatic rings. The first-order valence-electron chi connectivity index (χ1n) is 5.35. The Bertz CT molecular complexity index is 499. The number of carbonyl (C=O) groups is 2. The largest absolute Gasteiger partial charge is 0.489 e. The summed E-state index contributed by atoms with van der Waals surface area (Å²) in [6, 6.07) is 4.02. The summed E-state index contributed by atoms with van der Waals surface area (Å²) in [5.74, 6) is -0.877. The number of esters is 1. The van der Waals surface area contributed by atoms with Crippen molar-refractivity contribution in [2.75, 3.05) is 25.7 Å². The topological polar surface area (TPSA) is 76.1 Å². The lowest BCUT2D eigenvalue weighted by Gasteiger charge is -2.33. The molecule has 0 saturated carbocycles. The summed E-state index contributed by atoms with van der Waals surface area (Å²) in [5.41, 5.74) is 0.925. The first-order chi connectivity index (χ1) is 8.54. The second-order valence-electron chi connectivity index (χ2n) is 3.95. The van der Waals surface area contributed by atoms with Gasteiger partial charge in [0.15, 0.2) is 6.04 Å². The lowest BCUT2D eigenvalue weighted by atomic mass is 10.1. The number of anilines is 1. The number of rotatable bonds is 2. The summed E-state index contributed by atoms with van der Waals surface area (Å²) >= 11 is 0. The fourth-order valence-corrected chi connectivity index (χ4v) is 1.85. The number of aliphatic carboxylic acids is 1. The zero-order valence-electron chi connectivity index (χ0n) is 10.0. The van der Waals surface area contributed by atoms with Crippen LogP contribution >= 0.6 is 0 Å². The van der Waals surface area contributed by atoms with Gasteiger partial charge in [0.1, 0.15) is 12.4 Å². The number of carbonyl (C=O) groups excluding carboxylic acids is 1. The van der Waals surface area contributed by atoms with Crippen LogP contribution in [0, 0.1) is 0 Å². The molecule has 1 aromatic carbocycles. The van der Waals surface area contributed by atoms with Crippen LogP contribution in [0.2, 0.25) is 0 Å². The molecule has 6 heteroatoms. The third-order valence-corrected chi connectivity index (χ3v) is 2.91. The van der Waals surface area contributed by atoms with Crippen LogP contribution in [0.5, 0.6) is 5.75 Å². The smallest absolute Gasteiger partial charge is 0.337 e. The van der Waals surface area contributed by atoms with E-state index in [1.165, 1.54) is 7.11 Å². The van der Waals surface area contributed by atoms with Gasteiger partial charge in [0, 0.05) is 7.05 Å². The molecule has 6 nitrogen and oxygen atoms in total. The van der Waals surface area contributed by atoms with E-state index in [1.807, 2.05) is 0 Å². The van der Waals surface area contributed by atoms with E-state index in [-0.39, 0.29) is 6.61 Å². The molecule has 0 saturated heterocycles. The van der Waals surface area contributed by atoms with Gasteiger partial charge in [0.05, 0.1) is 18.4 Å². The van der Waals surface area contributed by atoms with Crippen molar-refractivity contribution in [2.45, 2.75) is 6.04 Å². The van der Waals surface area contributed by atoms with E-state index in [0.717, 1.165) is 0 Å². The molecule has 1 heterocycles. The maximum atomic E-state index is 11.4. The Labute approximate surface area is 104 Å². The molecule has 1 unspecified atom stereocenters. The number of hydrogen-bond donors (Lipinski definition) is 1. The highest BCUT2D eigenvalue weighted by Gasteiger charge is 2.30. The molecule has 0 spiro atoms. The Balaban J connectivity index is 2.39. The molecule has 96 valence electrons. The van der Waals surface area contributed by atoms with Crippen LogP contribution in [-0.4, -0.2) is 43.9 Å². The third-order valence-electron chi connectivity index (χ3n) is 2.91. The van der Waals surface area contributed by atoms with Gasteiger partial charge in [-0.15, -0.1) is 0 Å². The minimum Gasteiger partial charge on any atom is -0.489 e. The Morgan fingerprint density at radius 1 is 1.50 bits per heavy atom. The average Bonchev–Trinajstić information content (AvgIpc) is 2.37. The van der Waals surface area contributed by atoms with Gasteiger partial charge in [0.25, 0.3) is 0 Å². The molecule has 2 rings (SSSR count). The van der Waals surface area contributed by atoms with Crippen molar-refractivity contribution in [1.82, 2.24) is 0 Å². The molecule has 1 N–H and O–H groups in total. The van der Waals surface area contributed by atoms with Crippen LogP contribution in [0.3, 0.4) is 0 Å². The molecule has 18 heavy (non-hydrogen) atoms. The van der Waals surface area contributed by atoms with Crippen molar-refractivity contribution in [1.29, 1.82) is 0 Å². The van der Waals surface area contributed by atoms with Crippen molar-refractivity contribution in [3.63, 3.8) is 0 Å². The van der Waals surface area contributed by atoms with Crippen LogP contribution in [0.25, 0.3) is 0 Å². The molecule has 0 aliphatic carbocycles. The van der Waals surface area contributed by atoms with Gasteiger partial charge in [-0.3, -0.25) is 0 Å². The maximum Gasteiger partial charge on any atom is 0.337 e. The van der Waals surface area contributed by atoms with Crippen LogP contribution in [0.15, 0.2) is 18.2 Å². The second kappa shape index (κ2) is 4.56. The SMILES string of the molecule is COC(=O)c1ccc2c(c1)N(C)C(C(=O)O)CO2. The number of carboxylic acid groups (broad SMARTS) is 1. The summed E-state index contributed by atoms with van der Waals surface area (Å²) in [6.07, 6.45) is 0. The van der Waals surface area contributed by atoms with Crippen molar-refractivity contribution < 1.29 is 24.2 Å². The highest BCUT2D eigenvalue weighted by Crippen LogP contribution is 2.33. The standard InChI is InChI=1S/C12H13NO5/c1-13-8-5-7(12(16)17-2)3-4-10(8)18-6-9(13)11(14)15/h3-5,9H,6H2,1-2H3,(H,14,15). The molecule has 0 bridgehead atoms. The molecule has 0 aromatic heterocycles. The number of benzene rings is 1. The highest BCUT2D eigenvalue weighted by molar-refractivity contribution is 5.92. The fraction of sp³-hybridized carbons (Fsp3) is 0.333. The van der Waals surface area contributed by atoms with Crippen LogP contribution in [0.4, 0.5) is 5.69 Å².